The van der Waals surface area contributed by atoms with Crippen molar-refractivity contribution < 1.29 is 0 Å². The van der Waals surface area contributed by atoms with Crippen LogP contribution in [0.3, 0.4) is 0 Å². The number of benzene rings is 1. The van der Waals surface area contributed by atoms with Crippen LogP contribution in [-0.4, -0.2) is 44.2 Å². The Kier molecular flexibility index (Phi) is 5.25. The van der Waals surface area contributed by atoms with E-state index in [4.69, 9.17) is 5.73 Å². The highest BCUT2D eigenvalue weighted by Crippen LogP contribution is 2.28. The van der Waals surface area contributed by atoms with Gasteiger partial charge in [0.05, 0.1) is 0 Å². The smallest absolute Gasteiger partial charge is 0.0407 e. The molecule has 0 radical (unpaired) electrons. The Morgan fingerprint density at radius 2 is 2.05 bits per heavy atom. The topological polar surface area (TPSA) is 32.5 Å². The highest BCUT2D eigenvalue weighted by atomic mass is 79.9. The fourth-order valence-electron chi connectivity index (χ4n) is 2.87. The number of halogens is 1. The third-order valence-electron chi connectivity index (χ3n) is 4.10. The molecule has 106 valence electrons. The normalized spacial score (nSPS) is 17.7. The molecule has 4 heteroatoms. The van der Waals surface area contributed by atoms with E-state index >= 15 is 0 Å². The molecule has 2 rings (SSSR count). The number of anilines is 1. The lowest BCUT2D eigenvalue weighted by Crippen LogP contribution is -2.45. The first-order valence-electron chi connectivity index (χ1n) is 7.03. The van der Waals surface area contributed by atoms with E-state index in [-0.39, 0.29) is 0 Å². The summed E-state index contributed by atoms with van der Waals surface area (Å²) in [6.45, 7) is 6.32. The number of hydrogen-bond donors (Lipinski definition) is 1. The third-order valence-corrected chi connectivity index (χ3v) is 4.59. The van der Waals surface area contributed by atoms with E-state index in [1.165, 1.54) is 37.2 Å². The van der Waals surface area contributed by atoms with Gasteiger partial charge >= 0.3 is 0 Å². The lowest BCUT2D eigenvalue weighted by atomic mass is 10.0. The largest absolute Gasteiger partial charge is 0.371 e. The fraction of sp³-hybridized carbons (Fsp3) is 0.600. The molecule has 1 aromatic carbocycles. The van der Waals surface area contributed by atoms with Crippen LogP contribution in [0.25, 0.3) is 0 Å². The van der Waals surface area contributed by atoms with Crippen molar-refractivity contribution in [3.63, 3.8) is 0 Å². The molecule has 0 aliphatic carbocycles. The standard InChI is InChI=1S/C15H24BrN3/c1-12-3-4-13(16)11-15(12)18(2)14-5-8-19(9-6-14)10-7-17/h3-4,11,14H,5-10,17H2,1-2H3. The molecular formula is C15H24BrN3. The zero-order valence-electron chi connectivity index (χ0n) is 11.9. The summed E-state index contributed by atoms with van der Waals surface area (Å²) in [5.74, 6) is 0. The van der Waals surface area contributed by atoms with Crippen LogP contribution < -0.4 is 10.6 Å². The van der Waals surface area contributed by atoms with Crippen LogP contribution in [0, 0.1) is 6.92 Å². The van der Waals surface area contributed by atoms with Gasteiger partial charge in [-0.05, 0) is 37.5 Å². The third kappa shape index (κ3) is 3.71. The van der Waals surface area contributed by atoms with Crippen LogP contribution in [0.2, 0.25) is 0 Å². The number of piperidine rings is 1. The van der Waals surface area contributed by atoms with Gasteiger partial charge in [-0.2, -0.15) is 0 Å². The monoisotopic (exact) mass is 325 g/mol. The molecule has 0 atom stereocenters. The van der Waals surface area contributed by atoms with E-state index in [1.54, 1.807) is 0 Å². The van der Waals surface area contributed by atoms with E-state index < -0.39 is 0 Å². The molecule has 1 saturated heterocycles. The van der Waals surface area contributed by atoms with Crippen molar-refractivity contribution in [2.45, 2.75) is 25.8 Å². The number of likely N-dealkylation sites (tertiary alicyclic amines) is 1. The Labute approximate surface area is 124 Å². The van der Waals surface area contributed by atoms with Crippen LogP contribution in [-0.2, 0) is 0 Å². The lowest BCUT2D eigenvalue weighted by molar-refractivity contribution is 0.216. The van der Waals surface area contributed by atoms with Crippen molar-refractivity contribution in [1.29, 1.82) is 0 Å². The highest BCUT2D eigenvalue weighted by molar-refractivity contribution is 9.10. The molecule has 0 aromatic heterocycles. The van der Waals surface area contributed by atoms with Gasteiger partial charge in [0.1, 0.15) is 0 Å². The molecule has 0 spiro atoms. The van der Waals surface area contributed by atoms with Crippen molar-refractivity contribution in [2.24, 2.45) is 5.73 Å². The summed E-state index contributed by atoms with van der Waals surface area (Å²) in [4.78, 5) is 4.91. The number of hydrogen-bond acceptors (Lipinski definition) is 3. The van der Waals surface area contributed by atoms with Gasteiger partial charge in [-0.3, -0.25) is 0 Å². The molecule has 0 unspecified atom stereocenters. The number of rotatable bonds is 4. The number of nitrogens with two attached hydrogens (primary N) is 1. The van der Waals surface area contributed by atoms with Gasteiger partial charge in [0.25, 0.3) is 0 Å². The Morgan fingerprint density at radius 1 is 1.37 bits per heavy atom. The Bertz CT molecular complexity index is 414. The second-order valence-corrected chi connectivity index (χ2v) is 6.32. The first kappa shape index (κ1) is 14.8. The summed E-state index contributed by atoms with van der Waals surface area (Å²) in [6, 6.07) is 7.15. The molecule has 1 heterocycles. The maximum absolute atomic E-state index is 5.62. The molecule has 3 nitrogen and oxygen atoms in total. The summed E-state index contributed by atoms with van der Waals surface area (Å²) in [7, 11) is 2.22. The second kappa shape index (κ2) is 6.73. The number of aryl methyl sites for hydroxylation is 1. The van der Waals surface area contributed by atoms with E-state index in [0.29, 0.717) is 6.04 Å². The Hall–Kier alpha value is -0.580. The first-order chi connectivity index (χ1) is 9.11. The predicted octanol–water partition coefficient (Wildman–Crippen LogP) is 2.62. The minimum Gasteiger partial charge on any atom is -0.371 e. The summed E-state index contributed by atoms with van der Waals surface area (Å²) in [5, 5.41) is 0. The van der Waals surface area contributed by atoms with Gasteiger partial charge in [0, 0.05) is 49.4 Å². The zero-order chi connectivity index (χ0) is 13.8. The Balaban J connectivity index is 2.01. The highest BCUT2D eigenvalue weighted by Gasteiger charge is 2.23. The molecule has 1 fully saturated rings. The van der Waals surface area contributed by atoms with E-state index in [0.717, 1.165) is 17.6 Å². The zero-order valence-corrected chi connectivity index (χ0v) is 13.5. The molecule has 1 aromatic rings. The van der Waals surface area contributed by atoms with Crippen LogP contribution in [0.4, 0.5) is 5.69 Å². The second-order valence-electron chi connectivity index (χ2n) is 5.40. The van der Waals surface area contributed by atoms with Crippen molar-refractivity contribution in [3.8, 4) is 0 Å². The molecule has 19 heavy (non-hydrogen) atoms. The molecule has 0 saturated carbocycles. The maximum atomic E-state index is 5.62. The number of nitrogens with zero attached hydrogens (tertiary/aromatic N) is 2. The predicted molar refractivity (Wildman–Crippen MR) is 85.8 cm³/mol. The van der Waals surface area contributed by atoms with Gasteiger partial charge in [-0.1, -0.05) is 22.0 Å². The summed E-state index contributed by atoms with van der Waals surface area (Å²) in [5.41, 5.74) is 8.31. The van der Waals surface area contributed by atoms with Crippen LogP contribution in [0.5, 0.6) is 0 Å². The molecule has 0 bridgehead atoms. The molecule has 1 aliphatic heterocycles. The van der Waals surface area contributed by atoms with E-state index in [2.05, 4.69) is 57.9 Å². The van der Waals surface area contributed by atoms with Gasteiger partial charge < -0.3 is 15.5 Å². The maximum Gasteiger partial charge on any atom is 0.0407 e. The van der Waals surface area contributed by atoms with Crippen LogP contribution in [0.15, 0.2) is 22.7 Å². The van der Waals surface area contributed by atoms with Crippen LogP contribution >= 0.6 is 15.9 Å². The summed E-state index contributed by atoms with van der Waals surface area (Å²) >= 11 is 3.57. The summed E-state index contributed by atoms with van der Waals surface area (Å²) in [6.07, 6.45) is 2.45. The lowest BCUT2D eigenvalue weighted by Gasteiger charge is -2.38. The average molecular weight is 326 g/mol. The van der Waals surface area contributed by atoms with E-state index in [1.807, 2.05) is 0 Å². The van der Waals surface area contributed by atoms with Gasteiger partial charge in [0.15, 0.2) is 0 Å². The van der Waals surface area contributed by atoms with Crippen LogP contribution in [0.1, 0.15) is 18.4 Å². The molecule has 1 aliphatic rings. The van der Waals surface area contributed by atoms with Gasteiger partial charge in [-0.15, -0.1) is 0 Å². The van der Waals surface area contributed by atoms with E-state index in [9.17, 15) is 0 Å². The van der Waals surface area contributed by atoms with Gasteiger partial charge in [-0.25, -0.2) is 0 Å². The minimum atomic E-state index is 0.641. The quantitative estimate of drug-likeness (QED) is 0.923. The first-order valence-corrected chi connectivity index (χ1v) is 7.82. The van der Waals surface area contributed by atoms with Crippen molar-refractivity contribution in [3.05, 3.63) is 28.2 Å². The molecule has 2 N–H and O–H groups in total. The van der Waals surface area contributed by atoms with Crippen molar-refractivity contribution >= 4 is 21.6 Å². The molecular weight excluding hydrogens is 302 g/mol. The van der Waals surface area contributed by atoms with Crippen molar-refractivity contribution in [2.75, 3.05) is 38.1 Å². The van der Waals surface area contributed by atoms with Gasteiger partial charge in [0.2, 0.25) is 0 Å². The average Bonchev–Trinajstić information content (AvgIpc) is 2.42. The minimum absolute atomic E-state index is 0.641. The van der Waals surface area contributed by atoms with Crippen molar-refractivity contribution in [1.82, 2.24) is 4.90 Å². The molecule has 0 amide bonds. The Morgan fingerprint density at radius 3 is 2.68 bits per heavy atom. The fourth-order valence-corrected chi connectivity index (χ4v) is 3.22. The SMILES string of the molecule is Cc1ccc(Br)cc1N(C)C1CCN(CCN)CC1. The summed E-state index contributed by atoms with van der Waals surface area (Å²) < 4.78 is 1.15.